The third-order valence-electron chi connectivity index (χ3n) is 3.01. The molecule has 0 aliphatic rings. The molecule has 2 atom stereocenters. The molecule has 6 nitrogen and oxygen atoms in total. The quantitative estimate of drug-likeness (QED) is 0.595. The minimum Gasteiger partial charge on any atom is -0.481 e. The number of rotatable bonds is 9. The van der Waals surface area contributed by atoms with E-state index in [2.05, 4.69) is 5.32 Å². The molecule has 0 saturated carbocycles. The lowest BCUT2D eigenvalue weighted by atomic mass is 10.0. The number of carbonyl (C=O) groups is 1. The van der Waals surface area contributed by atoms with Crippen LogP contribution in [0.15, 0.2) is 0 Å². The fourth-order valence-electron chi connectivity index (χ4n) is 1.53. The topological polar surface area (TPSA) is 86.7 Å². The molecule has 0 bridgehead atoms. The van der Waals surface area contributed by atoms with E-state index in [1.807, 2.05) is 6.92 Å². The molecule has 0 aliphatic heterocycles. The number of carboxylic acids is 1. The van der Waals surface area contributed by atoms with E-state index in [1.54, 1.807) is 13.8 Å². The van der Waals surface area contributed by atoms with Crippen molar-refractivity contribution >= 4 is 16.0 Å². The van der Waals surface area contributed by atoms with Crippen molar-refractivity contribution in [3.8, 4) is 0 Å². The van der Waals surface area contributed by atoms with Gasteiger partial charge in [-0.15, -0.1) is 0 Å². The van der Waals surface area contributed by atoms with E-state index in [4.69, 9.17) is 5.11 Å². The second kappa shape index (κ2) is 7.70. The Hall–Kier alpha value is -0.660. The third-order valence-corrected chi connectivity index (χ3v) is 4.39. The molecule has 0 rings (SSSR count). The lowest BCUT2D eigenvalue weighted by Crippen LogP contribution is -2.38. The fourth-order valence-corrected chi connectivity index (χ4v) is 2.46. The zero-order valence-corrected chi connectivity index (χ0v) is 12.3. The van der Waals surface area contributed by atoms with Crippen LogP contribution in [0.25, 0.3) is 0 Å². The highest BCUT2D eigenvalue weighted by Gasteiger charge is 2.19. The van der Waals surface area contributed by atoms with Crippen LogP contribution < -0.4 is 5.32 Å². The normalized spacial score (nSPS) is 15.6. The maximum atomic E-state index is 11.3. The average molecular weight is 280 g/mol. The molecule has 18 heavy (non-hydrogen) atoms. The molecule has 2 unspecified atom stereocenters. The summed E-state index contributed by atoms with van der Waals surface area (Å²) < 4.78 is 24.0. The van der Waals surface area contributed by atoms with Crippen LogP contribution in [-0.2, 0) is 14.8 Å². The number of nitrogens with zero attached hydrogens (tertiary/aromatic N) is 1. The molecule has 0 spiro atoms. The third kappa shape index (κ3) is 6.32. The van der Waals surface area contributed by atoms with Gasteiger partial charge in [-0.3, -0.25) is 4.79 Å². The van der Waals surface area contributed by atoms with Crippen LogP contribution in [0, 0.1) is 5.92 Å². The Balaban J connectivity index is 3.96. The Kier molecular flexibility index (Phi) is 7.42. The molecular formula is C11H24N2O4S. The van der Waals surface area contributed by atoms with Crippen LogP contribution in [0.5, 0.6) is 0 Å². The Morgan fingerprint density at radius 2 is 1.94 bits per heavy atom. The van der Waals surface area contributed by atoms with Gasteiger partial charge in [0.2, 0.25) is 10.0 Å². The van der Waals surface area contributed by atoms with E-state index < -0.39 is 21.9 Å². The number of carboxylic acid groups (broad SMARTS) is 1. The minimum atomic E-state index is -3.13. The van der Waals surface area contributed by atoms with Crippen LogP contribution in [0.4, 0.5) is 0 Å². The molecule has 0 saturated heterocycles. The van der Waals surface area contributed by atoms with Gasteiger partial charge in [0.05, 0.1) is 12.2 Å². The maximum absolute atomic E-state index is 11.3. The van der Waals surface area contributed by atoms with Crippen LogP contribution in [0.2, 0.25) is 0 Å². The molecule has 0 aromatic heterocycles. The molecule has 7 heteroatoms. The predicted molar refractivity (Wildman–Crippen MR) is 71.0 cm³/mol. The Bertz CT molecular complexity index is 356. The largest absolute Gasteiger partial charge is 0.481 e. The van der Waals surface area contributed by atoms with Gasteiger partial charge in [-0.1, -0.05) is 13.8 Å². The summed E-state index contributed by atoms with van der Waals surface area (Å²) in [7, 11) is -3.13. The summed E-state index contributed by atoms with van der Waals surface area (Å²) in [6.07, 6.45) is 1.86. The van der Waals surface area contributed by atoms with Gasteiger partial charge in [-0.2, -0.15) is 0 Å². The number of aliphatic carboxylic acids is 1. The molecule has 0 fully saturated rings. The Labute approximate surface area is 109 Å². The summed E-state index contributed by atoms with van der Waals surface area (Å²) in [4.78, 5) is 10.7. The molecule has 108 valence electrons. The van der Waals surface area contributed by atoms with Gasteiger partial charge in [0.1, 0.15) is 0 Å². The van der Waals surface area contributed by atoms with Gasteiger partial charge in [0.25, 0.3) is 0 Å². The van der Waals surface area contributed by atoms with Crippen molar-refractivity contribution in [3.05, 3.63) is 0 Å². The molecule has 0 aliphatic carbocycles. The van der Waals surface area contributed by atoms with Crippen molar-refractivity contribution in [1.29, 1.82) is 0 Å². The van der Waals surface area contributed by atoms with E-state index >= 15 is 0 Å². The lowest BCUT2D eigenvalue weighted by molar-refractivity contribution is -0.141. The van der Waals surface area contributed by atoms with Crippen molar-refractivity contribution < 1.29 is 18.3 Å². The summed E-state index contributed by atoms with van der Waals surface area (Å²) in [5.74, 6) is -1.29. The van der Waals surface area contributed by atoms with Crippen LogP contribution in [-0.4, -0.2) is 55.7 Å². The number of hydrogen-bond donors (Lipinski definition) is 2. The van der Waals surface area contributed by atoms with Gasteiger partial charge in [-0.25, -0.2) is 12.7 Å². The number of sulfonamides is 1. The molecule has 0 amide bonds. The van der Waals surface area contributed by atoms with Crippen LogP contribution in [0.3, 0.4) is 0 Å². The Morgan fingerprint density at radius 3 is 2.33 bits per heavy atom. The summed E-state index contributed by atoms with van der Waals surface area (Å²) in [6.45, 7) is 6.77. The van der Waals surface area contributed by atoms with Crippen molar-refractivity contribution in [3.63, 3.8) is 0 Å². The zero-order chi connectivity index (χ0) is 14.3. The van der Waals surface area contributed by atoms with Crippen molar-refractivity contribution in [2.24, 2.45) is 5.92 Å². The van der Waals surface area contributed by atoms with E-state index in [0.717, 1.165) is 0 Å². The highest BCUT2D eigenvalue weighted by atomic mass is 32.2. The second-order valence-electron chi connectivity index (χ2n) is 4.48. The van der Waals surface area contributed by atoms with E-state index in [1.165, 1.54) is 10.6 Å². The number of nitrogens with one attached hydrogen (secondary N) is 1. The van der Waals surface area contributed by atoms with Gasteiger partial charge in [-0.05, 0) is 19.9 Å². The smallest absolute Gasteiger partial charge is 0.307 e. The zero-order valence-electron chi connectivity index (χ0n) is 11.5. The van der Waals surface area contributed by atoms with E-state index in [-0.39, 0.29) is 6.04 Å². The van der Waals surface area contributed by atoms with Crippen LogP contribution >= 0.6 is 0 Å². The lowest BCUT2D eigenvalue weighted by Gasteiger charge is -2.20. The first-order valence-corrected chi connectivity index (χ1v) is 7.96. The predicted octanol–water partition coefficient (Wildman–Crippen LogP) is 0.357. The molecular weight excluding hydrogens is 256 g/mol. The van der Waals surface area contributed by atoms with Gasteiger partial charge in [0, 0.05) is 19.1 Å². The highest BCUT2D eigenvalue weighted by Crippen LogP contribution is 2.03. The highest BCUT2D eigenvalue weighted by molar-refractivity contribution is 7.88. The second-order valence-corrected chi connectivity index (χ2v) is 6.46. The summed E-state index contributed by atoms with van der Waals surface area (Å²) in [6, 6.07) is -0.129. The van der Waals surface area contributed by atoms with E-state index in [0.29, 0.717) is 26.1 Å². The minimum absolute atomic E-state index is 0.129. The van der Waals surface area contributed by atoms with E-state index in [9.17, 15) is 13.2 Å². The van der Waals surface area contributed by atoms with Crippen molar-refractivity contribution in [2.75, 3.05) is 25.9 Å². The summed E-state index contributed by atoms with van der Waals surface area (Å²) in [5, 5.41) is 11.9. The van der Waals surface area contributed by atoms with Gasteiger partial charge < -0.3 is 10.4 Å². The van der Waals surface area contributed by atoms with Crippen molar-refractivity contribution in [2.45, 2.75) is 33.2 Å². The Morgan fingerprint density at radius 1 is 1.39 bits per heavy atom. The molecule has 0 aromatic carbocycles. The van der Waals surface area contributed by atoms with Crippen molar-refractivity contribution in [1.82, 2.24) is 9.62 Å². The van der Waals surface area contributed by atoms with Gasteiger partial charge >= 0.3 is 5.97 Å². The summed E-state index contributed by atoms with van der Waals surface area (Å²) >= 11 is 0. The molecule has 0 heterocycles. The monoisotopic (exact) mass is 280 g/mol. The molecule has 0 radical (unpaired) electrons. The van der Waals surface area contributed by atoms with Crippen LogP contribution in [0.1, 0.15) is 27.2 Å². The maximum Gasteiger partial charge on any atom is 0.307 e. The first-order chi connectivity index (χ1) is 8.20. The fraction of sp³-hybridized carbons (Fsp3) is 0.909. The first kappa shape index (κ1) is 17.3. The van der Waals surface area contributed by atoms with Gasteiger partial charge in [0.15, 0.2) is 0 Å². The summed E-state index contributed by atoms with van der Waals surface area (Å²) in [5.41, 5.74) is 0. The standard InChI is InChI=1S/C11H24N2O4S/c1-5-13(18(4,16)17)8-6-7-12-10(3)9(2)11(14)15/h9-10,12H,5-8H2,1-4H3,(H,14,15). The molecule has 2 N–H and O–H groups in total. The SMILES string of the molecule is CCN(CCCNC(C)C(C)C(=O)O)S(C)(=O)=O. The number of hydrogen-bond acceptors (Lipinski definition) is 4. The average Bonchev–Trinajstić information content (AvgIpc) is 2.25. The first-order valence-electron chi connectivity index (χ1n) is 6.11. The molecule has 0 aromatic rings.